The monoisotopic (exact) mass is 255 g/mol. The van der Waals surface area contributed by atoms with Crippen molar-refractivity contribution in [1.82, 2.24) is 19.3 Å². The molecule has 5 heteroatoms. The molecule has 0 atom stereocenters. The zero-order valence-corrected chi connectivity index (χ0v) is 11.0. The first-order chi connectivity index (χ1) is 9.24. The highest BCUT2D eigenvalue weighted by Gasteiger charge is 2.07. The van der Waals surface area contributed by atoms with Gasteiger partial charge in [0.15, 0.2) is 0 Å². The fourth-order valence-electron chi connectivity index (χ4n) is 2.31. The van der Waals surface area contributed by atoms with Crippen molar-refractivity contribution < 1.29 is 0 Å². The van der Waals surface area contributed by atoms with Gasteiger partial charge in [-0.2, -0.15) is 5.10 Å². The van der Waals surface area contributed by atoms with Gasteiger partial charge in [0.05, 0.1) is 11.0 Å². The second-order valence-electron chi connectivity index (χ2n) is 4.74. The number of aromatic nitrogens is 4. The summed E-state index contributed by atoms with van der Waals surface area (Å²) >= 11 is 0. The van der Waals surface area contributed by atoms with E-state index in [0.717, 1.165) is 30.5 Å². The maximum Gasteiger partial charge on any atom is 0.201 e. The van der Waals surface area contributed by atoms with Crippen LogP contribution in [-0.2, 0) is 13.1 Å². The quantitative estimate of drug-likeness (QED) is 0.777. The van der Waals surface area contributed by atoms with E-state index in [9.17, 15) is 0 Å². The molecule has 0 aliphatic heterocycles. The van der Waals surface area contributed by atoms with Crippen molar-refractivity contribution in [3.8, 4) is 0 Å². The summed E-state index contributed by atoms with van der Waals surface area (Å²) in [5, 5.41) is 4.19. The highest BCUT2D eigenvalue weighted by atomic mass is 15.3. The lowest BCUT2D eigenvalue weighted by molar-refractivity contribution is 0.535. The number of imidazole rings is 1. The van der Waals surface area contributed by atoms with E-state index in [0.29, 0.717) is 5.95 Å². The van der Waals surface area contributed by atoms with Gasteiger partial charge in [-0.25, -0.2) is 4.98 Å². The Balaban J connectivity index is 1.80. The van der Waals surface area contributed by atoms with Crippen molar-refractivity contribution >= 4 is 17.0 Å². The smallest absolute Gasteiger partial charge is 0.201 e. The van der Waals surface area contributed by atoms with Gasteiger partial charge < -0.3 is 10.3 Å². The van der Waals surface area contributed by atoms with E-state index in [1.807, 2.05) is 23.0 Å². The van der Waals surface area contributed by atoms with Crippen LogP contribution >= 0.6 is 0 Å². The Morgan fingerprint density at radius 3 is 2.95 bits per heavy atom. The molecule has 98 valence electrons. The summed E-state index contributed by atoms with van der Waals surface area (Å²) in [4.78, 5) is 4.39. The lowest BCUT2D eigenvalue weighted by atomic mass is 10.2. The fraction of sp³-hybridized carbons (Fsp3) is 0.286. The average Bonchev–Trinajstić information content (AvgIpc) is 2.99. The van der Waals surface area contributed by atoms with E-state index in [-0.39, 0.29) is 0 Å². The molecule has 0 bridgehead atoms. The first-order valence-corrected chi connectivity index (χ1v) is 6.44. The van der Waals surface area contributed by atoms with Crippen molar-refractivity contribution in [3.63, 3.8) is 0 Å². The Labute approximate surface area is 111 Å². The molecule has 0 fully saturated rings. The molecule has 3 rings (SSSR count). The SMILES string of the molecule is Cc1ccc2nc(N)n(CCCn3cccn3)c2c1. The first kappa shape index (κ1) is 11.8. The van der Waals surface area contributed by atoms with Crippen LogP contribution in [0.2, 0.25) is 0 Å². The number of nitrogen functional groups attached to an aromatic ring is 1. The van der Waals surface area contributed by atoms with Crippen LogP contribution in [-0.4, -0.2) is 19.3 Å². The molecule has 0 aliphatic carbocycles. The van der Waals surface area contributed by atoms with E-state index >= 15 is 0 Å². The van der Waals surface area contributed by atoms with Crippen LogP contribution in [0, 0.1) is 6.92 Å². The van der Waals surface area contributed by atoms with E-state index in [4.69, 9.17) is 5.73 Å². The number of hydrogen-bond donors (Lipinski definition) is 1. The standard InChI is InChI=1S/C14H17N5/c1-11-4-5-12-13(10-11)19(14(15)17-12)9-3-8-18-7-2-6-16-18/h2,4-7,10H,3,8-9H2,1H3,(H2,15,17). The molecule has 0 spiro atoms. The molecule has 0 radical (unpaired) electrons. The summed E-state index contributed by atoms with van der Waals surface area (Å²) in [5.74, 6) is 0.584. The number of nitrogens with zero attached hydrogens (tertiary/aromatic N) is 4. The van der Waals surface area contributed by atoms with Gasteiger partial charge >= 0.3 is 0 Å². The van der Waals surface area contributed by atoms with Crippen molar-refractivity contribution in [2.45, 2.75) is 26.4 Å². The van der Waals surface area contributed by atoms with E-state index in [1.54, 1.807) is 6.20 Å². The molecule has 2 heterocycles. The third kappa shape index (κ3) is 2.31. The van der Waals surface area contributed by atoms with Crippen LogP contribution in [0.4, 0.5) is 5.95 Å². The summed E-state index contributed by atoms with van der Waals surface area (Å²) in [6, 6.07) is 8.14. The molecule has 2 aromatic heterocycles. The van der Waals surface area contributed by atoms with Crippen molar-refractivity contribution in [2.24, 2.45) is 0 Å². The molecular formula is C14H17N5. The van der Waals surface area contributed by atoms with Gasteiger partial charge in [-0.15, -0.1) is 0 Å². The molecule has 19 heavy (non-hydrogen) atoms. The number of hydrogen-bond acceptors (Lipinski definition) is 3. The Hall–Kier alpha value is -2.30. The summed E-state index contributed by atoms with van der Waals surface area (Å²) in [7, 11) is 0. The van der Waals surface area contributed by atoms with Crippen LogP contribution in [0.15, 0.2) is 36.7 Å². The Kier molecular flexibility index (Phi) is 2.95. The minimum atomic E-state index is 0.584. The van der Waals surface area contributed by atoms with Crippen molar-refractivity contribution in [3.05, 3.63) is 42.2 Å². The molecule has 0 amide bonds. The summed E-state index contributed by atoms with van der Waals surface area (Å²) in [6.45, 7) is 3.82. The minimum Gasteiger partial charge on any atom is -0.369 e. The van der Waals surface area contributed by atoms with Crippen LogP contribution in [0.1, 0.15) is 12.0 Å². The normalized spacial score (nSPS) is 11.2. The fourth-order valence-corrected chi connectivity index (χ4v) is 2.31. The first-order valence-electron chi connectivity index (χ1n) is 6.44. The molecule has 0 aliphatic rings. The molecule has 0 unspecified atom stereocenters. The second-order valence-corrected chi connectivity index (χ2v) is 4.74. The van der Waals surface area contributed by atoms with Gasteiger partial charge in [-0.05, 0) is 37.1 Å². The zero-order chi connectivity index (χ0) is 13.2. The number of rotatable bonds is 4. The van der Waals surface area contributed by atoms with Gasteiger partial charge in [-0.3, -0.25) is 4.68 Å². The predicted molar refractivity (Wildman–Crippen MR) is 75.7 cm³/mol. The largest absolute Gasteiger partial charge is 0.369 e. The number of aryl methyl sites for hydroxylation is 3. The van der Waals surface area contributed by atoms with Gasteiger partial charge in [-0.1, -0.05) is 6.07 Å². The number of anilines is 1. The lowest BCUT2D eigenvalue weighted by Crippen LogP contribution is -2.07. The van der Waals surface area contributed by atoms with E-state index in [1.165, 1.54) is 5.56 Å². The highest BCUT2D eigenvalue weighted by molar-refractivity contribution is 5.79. The molecule has 2 N–H and O–H groups in total. The van der Waals surface area contributed by atoms with Crippen LogP contribution < -0.4 is 5.73 Å². The molecule has 5 nitrogen and oxygen atoms in total. The predicted octanol–water partition coefficient (Wildman–Crippen LogP) is 2.21. The topological polar surface area (TPSA) is 61.7 Å². The highest BCUT2D eigenvalue weighted by Crippen LogP contribution is 2.19. The molecule has 0 saturated heterocycles. The number of fused-ring (bicyclic) bond motifs is 1. The van der Waals surface area contributed by atoms with Gasteiger partial charge in [0, 0.05) is 25.5 Å². The third-order valence-corrected chi connectivity index (χ3v) is 3.26. The van der Waals surface area contributed by atoms with Crippen molar-refractivity contribution in [1.29, 1.82) is 0 Å². The lowest BCUT2D eigenvalue weighted by Gasteiger charge is -2.07. The maximum absolute atomic E-state index is 5.99. The van der Waals surface area contributed by atoms with Crippen molar-refractivity contribution in [2.75, 3.05) is 5.73 Å². The van der Waals surface area contributed by atoms with Gasteiger partial charge in [0.25, 0.3) is 0 Å². The molecule has 3 aromatic rings. The van der Waals surface area contributed by atoms with Gasteiger partial charge in [0.1, 0.15) is 0 Å². The van der Waals surface area contributed by atoms with E-state index < -0.39 is 0 Å². The molecular weight excluding hydrogens is 238 g/mol. The Morgan fingerprint density at radius 2 is 2.16 bits per heavy atom. The minimum absolute atomic E-state index is 0.584. The molecule has 0 saturated carbocycles. The number of benzene rings is 1. The van der Waals surface area contributed by atoms with Gasteiger partial charge in [0.2, 0.25) is 5.95 Å². The molecule has 1 aromatic carbocycles. The second kappa shape index (κ2) is 4.76. The average molecular weight is 255 g/mol. The van der Waals surface area contributed by atoms with Crippen LogP contribution in [0.25, 0.3) is 11.0 Å². The summed E-state index contributed by atoms with van der Waals surface area (Å²) in [5.41, 5.74) is 9.28. The third-order valence-electron chi connectivity index (χ3n) is 3.26. The van der Waals surface area contributed by atoms with Crippen LogP contribution in [0.5, 0.6) is 0 Å². The maximum atomic E-state index is 5.99. The van der Waals surface area contributed by atoms with E-state index in [2.05, 4.69) is 33.7 Å². The van der Waals surface area contributed by atoms with Crippen LogP contribution in [0.3, 0.4) is 0 Å². The Morgan fingerprint density at radius 1 is 1.26 bits per heavy atom. The Bertz CT molecular complexity index is 681. The zero-order valence-electron chi connectivity index (χ0n) is 11.0. The number of nitrogens with two attached hydrogens (primary N) is 1. The summed E-state index contributed by atoms with van der Waals surface area (Å²) in [6.07, 6.45) is 4.75. The summed E-state index contributed by atoms with van der Waals surface area (Å²) < 4.78 is 4.01.